The summed E-state index contributed by atoms with van der Waals surface area (Å²) in [4.78, 5) is 11.6. The van der Waals surface area contributed by atoms with E-state index in [1.165, 1.54) is 7.11 Å². The smallest absolute Gasteiger partial charge is 0.358 e. The summed E-state index contributed by atoms with van der Waals surface area (Å²) in [5, 5.41) is 2.82. The number of rotatable bonds is 5. The Bertz CT molecular complexity index is 398. The van der Waals surface area contributed by atoms with Crippen molar-refractivity contribution in [3.63, 3.8) is 0 Å². The first-order valence-electron chi connectivity index (χ1n) is 5.43. The molecular formula is C13H17NO3. The second kappa shape index (κ2) is 6.58. The molecule has 1 rings (SSSR count). The lowest BCUT2D eigenvalue weighted by molar-refractivity contribution is -0.136. The molecule has 0 bridgehead atoms. The summed E-state index contributed by atoms with van der Waals surface area (Å²) in [5.74, 6) is 0.0576. The van der Waals surface area contributed by atoms with Crippen molar-refractivity contribution < 1.29 is 14.3 Å². The molecule has 0 radical (unpaired) electrons. The molecule has 0 aliphatic carbocycles. The Kier molecular flexibility index (Phi) is 5.07. The third kappa shape index (κ3) is 3.24. The van der Waals surface area contributed by atoms with Crippen LogP contribution in [0.1, 0.15) is 12.5 Å². The topological polar surface area (TPSA) is 47.6 Å². The van der Waals surface area contributed by atoms with Crippen LogP contribution < -0.4 is 5.32 Å². The summed E-state index contributed by atoms with van der Waals surface area (Å²) in [6.45, 7) is 2.35. The van der Waals surface area contributed by atoms with E-state index in [1.807, 2.05) is 37.3 Å². The first-order valence-corrected chi connectivity index (χ1v) is 5.43. The fourth-order valence-electron chi connectivity index (χ4n) is 1.44. The normalized spacial score (nSPS) is 11.5. The number of carbonyl (C=O) groups is 1. The van der Waals surface area contributed by atoms with E-state index in [4.69, 9.17) is 9.47 Å². The molecule has 0 fully saturated rings. The van der Waals surface area contributed by atoms with Crippen LogP contribution in [0.3, 0.4) is 0 Å². The first-order chi connectivity index (χ1) is 8.24. The molecule has 0 aliphatic heterocycles. The highest BCUT2D eigenvalue weighted by molar-refractivity contribution is 5.95. The third-order valence-corrected chi connectivity index (χ3v) is 2.19. The maximum atomic E-state index is 11.6. The van der Waals surface area contributed by atoms with E-state index >= 15 is 0 Å². The molecule has 92 valence electrons. The Morgan fingerprint density at radius 3 is 2.41 bits per heavy atom. The zero-order valence-electron chi connectivity index (χ0n) is 10.3. The predicted molar refractivity (Wildman–Crippen MR) is 66.1 cm³/mol. The van der Waals surface area contributed by atoms with Crippen molar-refractivity contribution in [2.24, 2.45) is 0 Å². The maximum Gasteiger partial charge on any atom is 0.358 e. The molecule has 0 saturated carbocycles. The van der Waals surface area contributed by atoms with Gasteiger partial charge in [-0.2, -0.15) is 0 Å². The van der Waals surface area contributed by atoms with Crippen LogP contribution in [0, 0.1) is 0 Å². The van der Waals surface area contributed by atoms with Gasteiger partial charge in [-0.15, -0.1) is 0 Å². The summed E-state index contributed by atoms with van der Waals surface area (Å²) < 4.78 is 10.2. The molecule has 0 saturated heterocycles. The van der Waals surface area contributed by atoms with E-state index in [-0.39, 0.29) is 0 Å². The second-order valence-electron chi connectivity index (χ2n) is 3.24. The zero-order valence-corrected chi connectivity index (χ0v) is 10.3. The van der Waals surface area contributed by atoms with Gasteiger partial charge in [-0.05, 0) is 6.92 Å². The van der Waals surface area contributed by atoms with Crippen molar-refractivity contribution in [1.82, 2.24) is 5.32 Å². The van der Waals surface area contributed by atoms with Crippen molar-refractivity contribution in [3.8, 4) is 0 Å². The SMILES string of the molecule is CCO/C(=C(\NC)C(=O)OC)c1ccccc1. The fourth-order valence-corrected chi connectivity index (χ4v) is 1.44. The van der Waals surface area contributed by atoms with Gasteiger partial charge in [0, 0.05) is 12.6 Å². The van der Waals surface area contributed by atoms with Crippen LogP contribution in [0.25, 0.3) is 5.76 Å². The number of methoxy groups -OCH3 is 1. The number of benzene rings is 1. The summed E-state index contributed by atoms with van der Waals surface area (Å²) in [5.41, 5.74) is 1.16. The third-order valence-electron chi connectivity index (χ3n) is 2.19. The Labute approximate surface area is 101 Å². The number of nitrogens with one attached hydrogen (secondary N) is 1. The fraction of sp³-hybridized carbons (Fsp3) is 0.308. The molecule has 17 heavy (non-hydrogen) atoms. The Balaban J connectivity index is 3.22. The van der Waals surface area contributed by atoms with Gasteiger partial charge in [0.2, 0.25) is 0 Å². The molecule has 4 nitrogen and oxygen atoms in total. The predicted octanol–water partition coefficient (Wildman–Crippen LogP) is 1.78. The van der Waals surface area contributed by atoms with Gasteiger partial charge in [-0.3, -0.25) is 0 Å². The van der Waals surface area contributed by atoms with Gasteiger partial charge < -0.3 is 14.8 Å². The molecule has 0 amide bonds. The highest BCUT2D eigenvalue weighted by Crippen LogP contribution is 2.19. The van der Waals surface area contributed by atoms with Gasteiger partial charge in [0.05, 0.1) is 13.7 Å². The van der Waals surface area contributed by atoms with E-state index in [2.05, 4.69) is 5.32 Å². The Morgan fingerprint density at radius 2 is 1.94 bits per heavy atom. The summed E-state index contributed by atoms with van der Waals surface area (Å²) in [6, 6.07) is 9.44. The monoisotopic (exact) mass is 235 g/mol. The molecule has 0 aliphatic rings. The first kappa shape index (κ1) is 13.1. The van der Waals surface area contributed by atoms with E-state index < -0.39 is 5.97 Å². The molecule has 4 heteroatoms. The van der Waals surface area contributed by atoms with Crippen LogP contribution in [0.2, 0.25) is 0 Å². The summed E-state index contributed by atoms with van der Waals surface area (Å²) in [7, 11) is 3.00. The minimum absolute atomic E-state index is 0.320. The van der Waals surface area contributed by atoms with Crippen LogP contribution in [-0.4, -0.2) is 26.7 Å². The molecule has 0 aromatic heterocycles. The number of hydrogen-bond acceptors (Lipinski definition) is 4. The van der Waals surface area contributed by atoms with E-state index in [9.17, 15) is 4.79 Å². The molecule has 1 N–H and O–H groups in total. The number of ether oxygens (including phenoxy) is 2. The van der Waals surface area contributed by atoms with Gasteiger partial charge in [0.15, 0.2) is 11.5 Å². The van der Waals surface area contributed by atoms with Crippen molar-refractivity contribution >= 4 is 11.7 Å². The second-order valence-corrected chi connectivity index (χ2v) is 3.24. The zero-order chi connectivity index (χ0) is 12.7. The number of esters is 1. The van der Waals surface area contributed by atoms with Crippen molar-refractivity contribution in [2.75, 3.05) is 20.8 Å². The molecule has 0 heterocycles. The molecule has 0 unspecified atom stereocenters. The quantitative estimate of drug-likeness (QED) is 0.480. The minimum atomic E-state index is -0.445. The number of hydrogen-bond donors (Lipinski definition) is 1. The van der Waals surface area contributed by atoms with Gasteiger partial charge in [0.1, 0.15) is 0 Å². The van der Waals surface area contributed by atoms with Crippen molar-refractivity contribution in [2.45, 2.75) is 6.92 Å². The van der Waals surface area contributed by atoms with E-state index in [1.54, 1.807) is 7.05 Å². The highest BCUT2D eigenvalue weighted by Gasteiger charge is 2.17. The number of likely N-dealkylation sites (N-methyl/N-ethyl adjacent to an activating group) is 1. The summed E-state index contributed by atoms with van der Waals surface area (Å²) >= 11 is 0. The largest absolute Gasteiger partial charge is 0.491 e. The minimum Gasteiger partial charge on any atom is -0.491 e. The van der Waals surface area contributed by atoms with Gasteiger partial charge in [-0.1, -0.05) is 30.3 Å². The van der Waals surface area contributed by atoms with Crippen molar-refractivity contribution in [1.29, 1.82) is 0 Å². The van der Waals surface area contributed by atoms with E-state index in [0.717, 1.165) is 5.56 Å². The van der Waals surface area contributed by atoms with Crippen LogP contribution in [0.5, 0.6) is 0 Å². The average molecular weight is 235 g/mol. The van der Waals surface area contributed by atoms with Gasteiger partial charge in [0.25, 0.3) is 0 Å². The molecular weight excluding hydrogens is 218 g/mol. The Morgan fingerprint density at radius 1 is 1.29 bits per heavy atom. The maximum absolute atomic E-state index is 11.6. The average Bonchev–Trinajstić information content (AvgIpc) is 2.39. The van der Waals surface area contributed by atoms with E-state index in [0.29, 0.717) is 18.1 Å². The lowest BCUT2D eigenvalue weighted by atomic mass is 10.1. The Hall–Kier alpha value is -1.97. The lowest BCUT2D eigenvalue weighted by Gasteiger charge is -2.14. The van der Waals surface area contributed by atoms with Crippen LogP contribution >= 0.6 is 0 Å². The van der Waals surface area contributed by atoms with Gasteiger partial charge >= 0.3 is 5.97 Å². The molecule has 0 atom stereocenters. The van der Waals surface area contributed by atoms with Crippen LogP contribution in [0.15, 0.2) is 36.0 Å². The molecule has 0 spiro atoms. The lowest BCUT2D eigenvalue weighted by Crippen LogP contribution is -2.20. The van der Waals surface area contributed by atoms with Crippen LogP contribution in [-0.2, 0) is 14.3 Å². The summed E-state index contributed by atoms with van der Waals surface area (Å²) in [6.07, 6.45) is 0. The van der Waals surface area contributed by atoms with Gasteiger partial charge in [-0.25, -0.2) is 4.79 Å². The standard InChI is InChI=1S/C13H17NO3/c1-4-17-12(10-8-6-5-7-9-10)11(14-2)13(15)16-3/h5-9,14H,4H2,1-3H3/b12-11-. The van der Waals surface area contributed by atoms with Crippen LogP contribution in [0.4, 0.5) is 0 Å². The molecule has 1 aromatic carbocycles. The number of carbonyl (C=O) groups excluding carboxylic acids is 1. The molecule has 1 aromatic rings. The highest BCUT2D eigenvalue weighted by atomic mass is 16.5. The van der Waals surface area contributed by atoms with Crippen molar-refractivity contribution in [3.05, 3.63) is 41.6 Å².